The molecule has 3 aromatic rings. The van der Waals surface area contributed by atoms with E-state index in [1.807, 2.05) is 18.2 Å². The summed E-state index contributed by atoms with van der Waals surface area (Å²) >= 11 is 0. The van der Waals surface area contributed by atoms with Gasteiger partial charge in [-0.25, -0.2) is 9.97 Å². The van der Waals surface area contributed by atoms with Gasteiger partial charge in [-0.2, -0.15) is 0 Å². The highest BCUT2D eigenvalue weighted by molar-refractivity contribution is 6.05. The van der Waals surface area contributed by atoms with Crippen molar-refractivity contribution in [1.82, 2.24) is 14.9 Å². The minimum atomic E-state index is -1.64. The van der Waals surface area contributed by atoms with E-state index in [4.69, 9.17) is 16.6 Å². The number of nitrogens with two attached hydrogens (primary N) is 2. The molecule has 4 unspecified atom stereocenters. The number of carbonyl (C=O) groups is 1. The fourth-order valence-corrected chi connectivity index (χ4v) is 5.18. The zero-order chi connectivity index (χ0) is 33.3. The highest BCUT2D eigenvalue weighted by Crippen LogP contribution is 2.13. The van der Waals surface area contributed by atoms with E-state index in [9.17, 15) is 25.2 Å². The van der Waals surface area contributed by atoms with Crippen LogP contribution in [0.4, 0.5) is 0 Å². The van der Waals surface area contributed by atoms with Crippen molar-refractivity contribution < 1.29 is 30.3 Å². The number of amidine groups is 1. The first-order valence-electron chi connectivity index (χ1n) is 15.8. The summed E-state index contributed by atoms with van der Waals surface area (Å²) in [4.78, 5) is 25.9. The zero-order valence-electron chi connectivity index (χ0n) is 26.2. The van der Waals surface area contributed by atoms with Gasteiger partial charge in [0.15, 0.2) is 5.69 Å². The van der Waals surface area contributed by atoms with Gasteiger partial charge in [-0.1, -0.05) is 54.6 Å². The second-order valence-corrected chi connectivity index (χ2v) is 11.5. The maximum atomic E-state index is 11.5. The Bertz CT molecular complexity index is 1340. The lowest BCUT2D eigenvalue weighted by molar-refractivity contribution is -0.119. The van der Waals surface area contributed by atoms with E-state index < -0.39 is 36.9 Å². The predicted molar refractivity (Wildman–Crippen MR) is 176 cm³/mol. The van der Waals surface area contributed by atoms with Crippen molar-refractivity contribution in [3.05, 3.63) is 95.1 Å². The van der Waals surface area contributed by atoms with Gasteiger partial charge in [-0.05, 0) is 74.7 Å². The minimum absolute atomic E-state index is 0.00539. The third-order valence-corrected chi connectivity index (χ3v) is 7.85. The summed E-state index contributed by atoms with van der Waals surface area (Å²) in [5, 5.41) is 49.7. The molecule has 0 saturated heterocycles. The normalized spacial score (nSPS) is 14.6. The topological polar surface area (TPSA) is 212 Å². The van der Waals surface area contributed by atoms with Gasteiger partial charge in [0, 0.05) is 25.5 Å². The molecular weight excluding hydrogens is 588 g/mol. The van der Waals surface area contributed by atoms with E-state index in [-0.39, 0.29) is 23.8 Å². The van der Waals surface area contributed by atoms with Crippen LogP contribution in [-0.4, -0.2) is 109 Å². The Kier molecular flexibility index (Phi) is 15.7. The molecule has 0 radical (unpaired) electrons. The molecule has 250 valence electrons. The van der Waals surface area contributed by atoms with Gasteiger partial charge >= 0.3 is 0 Å². The van der Waals surface area contributed by atoms with Gasteiger partial charge in [0.2, 0.25) is 0 Å². The largest absolute Gasteiger partial charge is 0.394 e. The molecule has 1 heterocycles. The van der Waals surface area contributed by atoms with Gasteiger partial charge in [-0.3, -0.25) is 9.79 Å². The van der Waals surface area contributed by atoms with Crippen molar-refractivity contribution in [2.45, 2.75) is 69.4 Å². The van der Waals surface area contributed by atoms with Crippen LogP contribution in [0.25, 0.3) is 0 Å². The number of aliphatic hydroxyl groups is 5. The summed E-state index contributed by atoms with van der Waals surface area (Å²) in [6, 6.07) is 18.6. The van der Waals surface area contributed by atoms with Crippen LogP contribution in [0.5, 0.6) is 0 Å². The van der Waals surface area contributed by atoms with Gasteiger partial charge < -0.3 is 41.9 Å². The first kappa shape index (κ1) is 36.7. The molecule has 9 N–H and O–H groups in total. The SMILES string of the molecule is NC(=O)c1nccnc1C(N)=NCCCCc1ccc(CCCN(CCCc2ccccc2)CC(O)C(O)C(O)C(O)CO)cc1. The molecule has 12 heteroatoms. The number of amides is 1. The number of hydrogen-bond acceptors (Lipinski definition) is 10. The van der Waals surface area contributed by atoms with E-state index >= 15 is 0 Å². The average Bonchev–Trinajstić information content (AvgIpc) is 3.07. The first-order chi connectivity index (χ1) is 22.2. The number of unbranched alkanes of at least 4 members (excludes halogenated alkanes) is 1. The second kappa shape index (κ2) is 19.7. The molecule has 0 fully saturated rings. The van der Waals surface area contributed by atoms with Crippen molar-refractivity contribution in [3.63, 3.8) is 0 Å². The number of aliphatic hydroxyl groups excluding tert-OH is 5. The fraction of sp³-hybridized carbons (Fsp3) is 0.471. The number of aryl methyl sites for hydroxylation is 3. The Balaban J connectivity index is 1.45. The summed E-state index contributed by atoms with van der Waals surface area (Å²) in [6.07, 6.45) is 2.80. The van der Waals surface area contributed by atoms with Crippen molar-refractivity contribution in [2.24, 2.45) is 16.5 Å². The molecule has 12 nitrogen and oxygen atoms in total. The van der Waals surface area contributed by atoms with Crippen molar-refractivity contribution in [1.29, 1.82) is 0 Å². The van der Waals surface area contributed by atoms with Crippen LogP contribution in [0.15, 0.2) is 72.0 Å². The number of benzene rings is 2. The number of primary amides is 1. The van der Waals surface area contributed by atoms with Gasteiger partial charge in [0.05, 0.1) is 12.7 Å². The molecule has 0 aliphatic carbocycles. The average molecular weight is 637 g/mol. The van der Waals surface area contributed by atoms with Crippen molar-refractivity contribution >= 4 is 11.7 Å². The Labute approximate surface area is 270 Å². The van der Waals surface area contributed by atoms with Crippen molar-refractivity contribution in [2.75, 3.05) is 32.8 Å². The van der Waals surface area contributed by atoms with Crippen LogP contribution in [-0.2, 0) is 19.3 Å². The molecule has 0 saturated carbocycles. The zero-order valence-corrected chi connectivity index (χ0v) is 26.2. The maximum absolute atomic E-state index is 11.5. The third kappa shape index (κ3) is 12.2. The lowest BCUT2D eigenvalue weighted by atomic mass is 10.0. The molecule has 3 rings (SSSR count). The summed E-state index contributed by atoms with van der Waals surface area (Å²) in [5.74, 6) is -0.558. The predicted octanol–water partition coefficient (Wildman–Crippen LogP) is 0.607. The summed E-state index contributed by atoms with van der Waals surface area (Å²) in [7, 11) is 0. The quantitative estimate of drug-likeness (QED) is 0.0492. The van der Waals surface area contributed by atoms with Crippen LogP contribution in [0.2, 0.25) is 0 Å². The Hall–Kier alpha value is -3.78. The molecule has 0 spiro atoms. The summed E-state index contributed by atoms with van der Waals surface area (Å²) < 4.78 is 0. The highest BCUT2D eigenvalue weighted by Gasteiger charge is 2.31. The van der Waals surface area contributed by atoms with Crippen LogP contribution in [0.3, 0.4) is 0 Å². The van der Waals surface area contributed by atoms with E-state index in [1.54, 1.807) is 0 Å². The number of aromatic nitrogens is 2. The first-order valence-corrected chi connectivity index (χ1v) is 15.8. The smallest absolute Gasteiger partial charge is 0.269 e. The Morgan fingerprint density at radius 3 is 1.80 bits per heavy atom. The molecule has 0 bridgehead atoms. The number of nitrogens with zero attached hydrogens (tertiary/aromatic N) is 4. The number of hydrogen-bond donors (Lipinski definition) is 7. The van der Waals surface area contributed by atoms with Crippen LogP contribution in [0, 0.1) is 0 Å². The summed E-state index contributed by atoms with van der Waals surface area (Å²) in [5.41, 5.74) is 15.2. The lowest BCUT2D eigenvalue weighted by Crippen LogP contribution is -2.50. The van der Waals surface area contributed by atoms with E-state index in [1.165, 1.54) is 29.1 Å². The fourth-order valence-electron chi connectivity index (χ4n) is 5.18. The third-order valence-electron chi connectivity index (χ3n) is 7.85. The highest BCUT2D eigenvalue weighted by atomic mass is 16.4. The Morgan fingerprint density at radius 1 is 0.717 bits per heavy atom. The molecule has 1 aromatic heterocycles. The monoisotopic (exact) mass is 636 g/mol. The number of carbonyl (C=O) groups excluding carboxylic acids is 1. The molecule has 1 amide bonds. The standard InChI is InChI=1S/C34H48N6O6/c35-33(29-30(34(36)46)38-19-18-37-29)39-17-5-4-10-25-13-15-26(16-14-25)12-7-21-40(20-6-11-24-8-2-1-3-9-24)22-27(42)31(44)32(45)28(43)23-41/h1-3,8-9,13-16,18-19,27-28,31-32,41-45H,4-7,10-12,17,20-23H2,(H2,35,39)(H2,36,46). The van der Waals surface area contributed by atoms with Gasteiger partial charge in [0.25, 0.3) is 5.91 Å². The lowest BCUT2D eigenvalue weighted by Gasteiger charge is -2.30. The minimum Gasteiger partial charge on any atom is -0.394 e. The second-order valence-electron chi connectivity index (χ2n) is 11.5. The molecule has 46 heavy (non-hydrogen) atoms. The maximum Gasteiger partial charge on any atom is 0.269 e. The van der Waals surface area contributed by atoms with Crippen LogP contribution >= 0.6 is 0 Å². The van der Waals surface area contributed by atoms with E-state index in [2.05, 4.69) is 56.3 Å². The molecule has 2 aromatic carbocycles. The molecule has 4 atom stereocenters. The van der Waals surface area contributed by atoms with Crippen molar-refractivity contribution in [3.8, 4) is 0 Å². The van der Waals surface area contributed by atoms with Gasteiger partial charge in [0.1, 0.15) is 29.8 Å². The summed E-state index contributed by atoms with van der Waals surface area (Å²) in [6.45, 7) is 1.28. The van der Waals surface area contributed by atoms with Crippen LogP contribution < -0.4 is 11.5 Å². The van der Waals surface area contributed by atoms with E-state index in [0.717, 1.165) is 44.9 Å². The Morgan fingerprint density at radius 2 is 1.24 bits per heavy atom. The molecule has 0 aliphatic heterocycles. The van der Waals surface area contributed by atoms with Gasteiger partial charge in [-0.15, -0.1) is 0 Å². The van der Waals surface area contributed by atoms with Crippen LogP contribution in [0.1, 0.15) is 58.6 Å². The molecule has 0 aliphatic rings. The molecular formula is C34H48N6O6. The number of rotatable bonds is 21. The number of aliphatic imine (C=N–C) groups is 1. The van der Waals surface area contributed by atoms with E-state index in [0.29, 0.717) is 19.6 Å².